The van der Waals surface area contributed by atoms with Crippen molar-refractivity contribution in [1.82, 2.24) is 15.3 Å². The lowest BCUT2D eigenvalue weighted by molar-refractivity contribution is 0.0972. The van der Waals surface area contributed by atoms with Gasteiger partial charge >= 0.3 is 0 Å². The van der Waals surface area contributed by atoms with Crippen molar-refractivity contribution in [3.8, 4) is 0 Å². The summed E-state index contributed by atoms with van der Waals surface area (Å²) in [5.41, 5.74) is 16.0. The Morgan fingerprint density at radius 3 is 2.55 bits per heavy atom. The zero-order chi connectivity index (χ0) is 15.7. The number of alkyl halides is 1. The maximum absolute atomic E-state index is 11.7. The van der Waals surface area contributed by atoms with E-state index in [1.165, 1.54) is 0 Å². The number of rotatable bonds is 3. The van der Waals surface area contributed by atoms with Crippen LogP contribution in [0.2, 0.25) is 5.15 Å². The van der Waals surface area contributed by atoms with Crippen molar-refractivity contribution in [2.24, 2.45) is 10.7 Å². The normalized spacial score (nSPS) is 10.5. The number of guanidine groups is 1. The minimum atomic E-state index is -0.721. The number of nitrogen functional groups attached to an aromatic ring is 2. The highest BCUT2D eigenvalue weighted by Crippen LogP contribution is 2.16. The number of amides is 1. The summed E-state index contributed by atoms with van der Waals surface area (Å²) < 4.78 is 0. The van der Waals surface area contributed by atoms with Crippen LogP contribution in [0.1, 0.15) is 10.5 Å². The molecule has 9 nitrogen and oxygen atoms in total. The maximum Gasteiger partial charge on any atom is 0.280 e. The smallest absolute Gasteiger partial charge is 0.280 e. The minimum absolute atomic E-state index is 0.0652. The average Bonchev–Trinajstić information content (AvgIpc) is 2.42. The molecule has 0 atom stereocenters. The molecule has 1 aromatic rings. The van der Waals surface area contributed by atoms with Gasteiger partial charge in [0, 0.05) is 0 Å². The number of carbonyl (C=O) groups is 1. The zero-order valence-corrected chi connectivity index (χ0v) is 12.9. The van der Waals surface area contributed by atoms with Crippen LogP contribution in [0.15, 0.2) is 4.99 Å². The number of hydrogen-bond donors (Lipinski definition) is 5. The molecule has 0 radical (unpaired) electrons. The lowest BCUT2D eigenvalue weighted by atomic mass is 10.4. The first-order valence-corrected chi connectivity index (χ1v) is 7.10. The van der Waals surface area contributed by atoms with E-state index in [4.69, 9.17) is 33.9 Å². The Morgan fingerprint density at radius 2 is 2.00 bits per heavy atom. The van der Waals surface area contributed by atoms with Gasteiger partial charge in [-0.1, -0.05) is 27.5 Å². The monoisotopic (exact) mass is 367 g/mol. The van der Waals surface area contributed by atoms with Crippen LogP contribution in [0.4, 0.5) is 11.6 Å². The molecule has 0 aromatic carbocycles. The van der Waals surface area contributed by atoms with Gasteiger partial charge in [0.1, 0.15) is 0 Å². The van der Waals surface area contributed by atoms with Gasteiger partial charge in [-0.15, -0.1) is 0 Å². The van der Waals surface area contributed by atoms with Crippen molar-refractivity contribution < 1.29 is 9.90 Å². The quantitative estimate of drug-likeness (QED) is 0.268. The van der Waals surface area contributed by atoms with Crippen LogP contribution in [-0.2, 0) is 0 Å². The molecular formula is C9H15BrClN7O2. The van der Waals surface area contributed by atoms with E-state index in [2.05, 4.69) is 36.2 Å². The lowest BCUT2D eigenvalue weighted by Gasteiger charge is -2.06. The summed E-state index contributed by atoms with van der Waals surface area (Å²) in [6.45, 7) is -0.123. The van der Waals surface area contributed by atoms with Crippen molar-refractivity contribution in [3.63, 3.8) is 0 Å². The van der Waals surface area contributed by atoms with Crippen molar-refractivity contribution in [2.45, 2.75) is 0 Å². The van der Waals surface area contributed by atoms with Crippen molar-refractivity contribution >= 4 is 51.0 Å². The number of aliphatic hydroxyl groups excluding tert-OH is 1. The molecule has 1 amide bonds. The van der Waals surface area contributed by atoms with E-state index in [1.54, 1.807) is 0 Å². The fraction of sp³-hybridized carbons (Fsp3) is 0.333. The number of anilines is 2. The number of nitrogens with zero attached hydrogens (tertiary/aromatic N) is 3. The number of nitrogens with one attached hydrogen (secondary N) is 1. The van der Waals surface area contributed by atoms with Gasteiger partial charge in [0.25, 0.3) is 5.91 Å². The number of carbonyl (C=O) groups excluding carboxylic acids is 1. The highest BCUT2D eigenvalue weighted by molar-refractivity contribution is 9.08. The van der Waals surface area contributed by atoms with Gasteiger partial charge in [-0.25, -0.2) is 9.97 Å². The van der Waals surface area contributed by atoms with Crippen LogP contribution < -0.4 is 22.5 Å². The molecular weight excluding hydrogens is 354 g/mol. The molecule has 0 fully saturated rings. The number of halogens is 2. The minimum Gasteiger partial charge on any atom is -0.394 e. The number of aliphatic hydroxyl groups is 1. The largest absolute Gasteiger partial charge is 0.394 e. The fourth-order valence-electron chi connectivity index (χ4n) is 0.994. The van der Waals surface area contributed by atoms with Crippen molar-refractivity contribution in [1.29, 1.82) is 0 Å². The summed E-state index contributed by atoms with van der Waals surface area (Å²) in [6.07, 6.45) is 0. The zero-order valence-electron chi connectivity index (χ0n) is 10.6. The summed E-state index contributed by atoms with van der Waals surface area (Å²) in [4.78, 5) is 22.7. The van der Waals surface area contributed by atoms with Gasteiger partial charge in [0.05, 0.1) is 13.2 Å². The van der Waals surface area contributed by atoms with E-state index in [9.17, 15) is 4.79 Å². The Hall–Kier alpha value is -1.65. The van der Waals surface area contributed by atoms with Crippen LogP contribution in [0.25, 0.3) is 0 Å². The van der Waals surface area contributed by atoms with Gasteiger partial charge in [0.2, 0.25) is 0 Å². The van der Waals surface area contributed by atoms with E-state index in [0.717, 1.165) is 0 Å². The van der Waals surface area contributed by atoms with E-state index in [1.807, 2.05) is 5.83 Å². The van der Waals surface area contributed by atoms with Crippen molar-refractivity contribution in [2.75, 3.05) is 30.5 Å². The van der Waals surface area contributed by atoms with E-state index in [0.29, 0.717) is 0 Å². The van der Waals surface area contributed by atoms with Crippen LogP contribution in [0.3, 0.4) is 0 Å². The van der Waals surface area contributed by atoms with Crippen molar-refractivity contribution in [3.05, 3.63) is 10.8 Å². The first-order chi connectivity index (χ1) is 9.45. The summed E-state index contributed by atoms with van der Waals surface area (Å²) >= 11 is 8.56. The molecule has 112 valence electrons. The molecule has 0 spiro atoms. The third-order valence-corrected chi connectivity index (χ3v) is 2.02. The Morgan fingerprint density at radius 1 is 1.40 bits per heavy atom. The molecule has 0 aliphatic rings. The second-order valence-electron chi connectivity index (χ2n) is 3.08. The van der Waals surface area contributed by atoms with Gasteiger partial charge in [-0.3, -0.25) is 15.1 Å². The molecule has 0 saturated heterocycles. The number of aromatic nitrogens is 2. The highest BCUT2D eigenvalue weighted by Gasteiger charge is 2.16. The van der Waals surface area contributed by atoms with Crippen LogP contribution in [-0.4, -0.2) is 45.9 Å². The van der Waals surface area contributed by atoms with Gasteiger partial charge in [-0.05, 0) is 5.83 Å². The summed E-state index contributed by atoms with van der Waals surface area (Å²) in [5.74, 6) is 0.661. The molecule has 0 unspecified atom stereocenters. The first-order valence-electron chi connectivity index (χ1n) is 5.14. The molecule has 0 saturated carbocycles. The van der Waals surface area contributed by atoms with Crippen LogP contribution in [0, 0.1) is 0 Å². The summed E-state index contributed by atoms with van der Waals surface area (Å²) in [6, 6.07) is 0. The molecule has 11 heteroatoms. The molecule has 0 aliphatic carbocycles. The predicted molar refractivity (Wildman–Crippen MR) is 81.8 cm³/mol. The molecule has 1 heterocycles. The lowest BCUT2D eigenvalue weighted by Crippen LogP contribution is -2.38. The molecule has 8 N–H and O–H groups in total. The van der Waals surface area contributed by atoms with Gasteiger partial charge in [-0.2, -0.15) is 0 Å². The van der Waals surface area contributed by atoms with E-state index < -0.39 is 5.91 Å². The topological polar surface area (TPSA) is 166 Å². The second-order valence-corrected chi connectivity index (χ2v) is 3.44. The number of nitrogens with two attached hydrogens (primary N) is 3. The predicted octanol–water partition coefficient (Wildman–Crippen LogP) is -0.658. The first kappa shape index (κ1) is 18.4. The maximum atomic E-state index is 11.7. The van der Waals surface area contributed by atoms with E-state index in [-0.39, 0.29) is 41.6 Å². The van der Waals surface area contributed by atoms with Gasteiger partial charge < -0.3 is 22.3 Å². The number of hydrogen-bond acceptors (Lipinski definition) is 7. The van der Waals surface area contributed by atoms with E-state index >= 15 is 0 Å². The molecule has 1 aromatic heterocycles. The SMILES string of the molecule is CBr.NC(=NCCO)NC(=O)c1nc(Cl)c(N)nc1N. The molecule has 0 bridgehead atoms. The average molecular weight is 369 g/mol. The van der Waals surface area contributed by atoms with Crippen LogP contribution in [0.5, 0.6) is 0 Å². The summed E-state index contributed by atoms with van der Waals surface area (Å²) in [5, 5.41) is 10.6. The second kappa shape index (κ2) is 9.28. The number of aliphatic imine (C=N–C) groups is 1. The van der Waals surface area contributed by atoms with Gasteiger partial charge in [0.15, 0.2) is 28.4 Å². The molecule has 20 heavy (non-hydrogen) atoms. The Labute approximate surface area is 128 Å². The summed E-state index contributed by atoms with van der Waals surface area (Å²) in [7, 11) is 0. The third kappa shape index (κ3) is 5.55. The van der Waals surface area contributed by atoms with Crippen LogP contribution >= 0.6 is 27.5 Å². The Balaban J connectivity index is 0.00000172. The highest BCUT2D eigenvalue weighted by atomic mass is 79.9. The molecule has 0 aliphatic heterocycles. The standard InChI is InChI=1S/C8H12ClN7O2.CH3Br/c9-4-6(11)15-5(10)3(14-4)7(18)16-8(12)13-1-2-17;1-2/h17H,1-2H2,(H4,10,11,15)(H3,12,13,16,18);1H3. The molecule has 1 rings (SSSR count). The Bertz CT molecular complexity index is 497. The Kier molecular flexibility index (Phi) is 8.52. The third-order valence-electron chi connectivity index (χ3n) is 1.74. The fourth-order valence-corrected chi connectivity index (χ4v) is 1.12.